The molecule has 0 bridgehead atoms. The maximum absolute atomic E-state index is 13.0. The van der Waals surface area contributed by atoms with Gasteiger partial charge in [0, 0.05) is 37.8 Å². The first-order chi connectivity index (χ1) is 13.6. The van der Waals surface area contributed by atoms with Gasteiger partial charge in [0.2, 0.25) is 11.6 Å². The summed E-state index contributed by atoms with van der Waals surface area (Å²) in [5.74, 6) is 2.53. The van der Waals surface area contributed by atoms with Gasteiger partial charge >= 0.3 is 0 Å². The van der Waals surface area contributed by atoms with Gasteiger partial charge in [0.1, 0.15) is 0 Å². The van der Waals surface area contributed by atoms with Crippen molar-refractivity contribution in [2.45, 2.75) is 0 Å². The molecule has 1 saturated heterocycles. The minimum Gasteiger partial charge on any atom is -0.493 e. The van der Waals surface area contributed by atoms with Gasteiger partial charge in [0.05, 0.1) is 28.4 Å². The molecule has 150 valence electrons. The number of carbonyl (C=O) groups is 1. The lowest BCUT2D eigenvalue weighted by atomic mass is 10.1. The predicted molar refractivity (Wildman–Crippen MR) is 103 cm³/mol. The van der Waals surface area contributed by atoms with E-state index in [0.29, 0.717) is 54.9 Å². The molecule has 1 aliphatic rings. The molecule has 1 amide bonds. The summed E-state index contributed by atoms with van der Waals surface area (Å²) in [6, 6.07) is 6.98. The van der Waals surface area contributed by atoms with Gasteiger partial charge in [0.15, 0.2) is 17.3 Å². The molecule has 0 unspecified atom stereocenters. The molecule has 28 heavy (non-hydrogen) atoms. The van der Waals surface area contributed by atoms with E-state index >= 15 is 0 Å². The Morgan fingerprint density at radius 2 is 1.50 bits per heavy atom. The highest BCUT2D eigenvalue weighted by Gasteiger charge is 2.25. The summed E-state index contributed by atoms with van der Waals surface area (Å²) < 4.78 is 21.0. The van der Waals surface area contributed by atoms with Crippen LogP contribution in [0.25, 0.3) is 0 Å². The van der Waals surface area contributed by atoms with E-state index in [0.717, 1.165) is 5.82 Å². The third kappa shape index (κ3) is 3.88. The van der Waals surface area contributed by atoms with Crippen molar-refractivity contribution in [2.24, 2.45) is 0 Å². The lowest BCUT2D eigenvalue weighted by molar-refractivity contribution is 0.0745. The predicted octanol–water partition coefficient (Wildman–Crippen LogP) is 1.47. The van der Waals surface area contributed by atoms with Crippen LogP contribution in [0.15, 0.2) is 24.3 Å². The summed E-state index contributed by atoms with van der Waals surface area (Å²) in [6.45, 7) is 2.47. The van der Waals surface area contributed by atoms with Crippen LogP contribution in [0.5, 0.6) is 23.1 Å². The molecule has 0 spiro atoms. The average Bonchev–Trinajstić information content (AvgIpc) is 2.77. The average molecular weight is 388 g/mol. The summed E-state index contributed by atoms with van der Waals surface area (Å²) in [4.78, 5) is 16.9. The highest BCUT2D eigenvalue weighted by molar-refractivity contribution is 5.95. The van der Waals surface area contributed by atoms with Crippen LogP contribution in [0.2, 0.25) is 0 Å². The Hall–Kier alpha value is -3.23. The SMILES string of the molecule is COc1ccc(N2CCN(C(=O)c3cc(OC)c(OC)c(OC)c3)CC2)nn1. The summed E-state index contributed by atoms with van der Waals surface area (Å²) in [5.41, 5.74) is 0.493. The fourth-order valence-electron chi connectivity index (χ4n) is 3.12. The number of ether oxygens (including phenoxy) is 4. The molecule has 1 aromatic carbocycles. The zero-order chi connectivity index (χ0) is 20.1. The highest BCUT2D eigenvalue weighted by atomic mass is 16.5. The molecular weight excluding hydrogens is 364 g/mol. The van der Waals surface area contributed by atoms with Crippen LogP contribution in [-0.2, 0) is 0 Å². The smallest absolute Gasteiger partial charge is 0.254 e. The number of amides is 1. The van der Waals surface area contributed by atoms with Crippen molar-refractivity contribution < 1.29 is 23.7 Å². The van der Waals surface area contributed by atoms with Crippen molar-refractivity contribution in [1.82, 2.24) is 15.1 Å². The molecule has 9 heteroatoms. The molecule has 0 atom stereocenters. The molecule has 3 rings (SSSR count). The minimum absolute atomic E-state index is 0.0836. The Morgan fingerprint density at radius 3 is 1.96 bits per heavy atom. The van der Waals surface area contributed by atoms with Gasteiger partial charge in [-0.15, -0.1) is 10.2 Å². The fraction of sp³-hybridized carbons (Fsp3) is 0.421. The minimum atomic E-state index is -0.0836. The highest BCUT2D eigenvalue weighted by Crippen LogP contribution is 2.38. The van der Waals surface area contributed by atoms with Gasteiger partial charge < -0.3 is 28.7 Å². The topological polar surface area (TPSA) is 86.3 Å². The first kappa shape index (κ1) is 19.5. The van der Waals surface area contributed by atoms with Gasteiger partial charge in [-0.2, -0.15) is 0 Å². The first-order valence-corrected chi connectivity index (χ1v) is 8.83. The van der Waals surface area contributed by atoms with E-state index < -0.39 is 0 Å². The van der Waals surface area contributed by atoms with E-state index in [2.05, 4.69) is 15.1 Å². The standard InChI is InChI=1S/C19H24N4O5/c1-25-14-11-13(12-15(26-2)18(14)28-4)19(24)23-9-7-22(8-10-23)16-5-6-17(27-3)21-20-16/h5-6,11-12H,7-10H2,1-4H3. The van der Waals surface area contributed by atoms with Crippen LogP contribution < -0.4 is 23.8 Å². The number of hydrogen-bond donors (Lipinski definition) is 0. The number of anilines is 1. The molecule has 0 radical (unpaired) electrons. The van der Waals surface area contributed by atoms with Crippen molar-refractivity contribution >= 4 is 11.7 Å². The molecule has 0 aliphatic carbocycles. The van der Waals surface area contributed by atoms with Gasteiger partial charge in [-0.3, -0.25) is 4.79 Å². The second-order valence-electron chi connectivity index (χ2n) is 6.13. The van der Waals surface area contributed by atoms with Crippen LogP contribution in [-0.4, -0.2) is 75.6 Å². The van der Waals surface area contributed by atoms with Crippen LogP contribution in [0.4, 0.5) is 5.82 Å². The van der Waals surface area contributed by atoms with Crippen LogP contribution >= 0.6 is 0 Å². The second kappa shape index (κ2) is 8.64. The van der Waals surface area contributed by atoms with Crippen molar-refractivity contribution in [3.8, 4) is 23.1 Å². The van der Waals surface area contributed by atoms with Crippen molar-refractivity contribution in [3.05, 3.63) is 29.8 Å². The van der Waals surface area contributed by atoms with Crippen molar-refractivity contribution in [3.63, 3.8) is 0 Å². The van der Waals surface area contributed by atoms with Crippen LogP contribution in [0.1, 0.15) is 10.4 Å². The summed E-state index contributed by atoms with van der Waals surface area (Å²) in [5, 5.41) is 8.16. The number of rotatable bonds is 6. The molecule has 1 aromatic heterocycles. The Morgan fingerprint density at radius 1 is 0.857 bits per heavy atom. The number of nitrogens with zero attached hydrogens (tertiary/aromatic N) is 4. The van der Waals surface area contributed by atoms with E-state index in [-0.39, 0.29) is 5.91 Å². The van der Waals surface area contributed by atoms with Crippen LogP contribution in [0.3, 0.4) is 0 Å². The Kier molecular flexibility index (Phi) is 6.03. The number of methoxy groups -OCH3 is 4. The van der Waals surface area contributed by atoms with Gasteiger partial charge in [-0.1, -0.05) is 0 Å². The lowest BCUT2D eigenvalue weighted by Gasteiger charge is -2.35. The maximum atomic E-state index is 13.0. The molecule has 1 fully saturated rings. The zero-order valence-electron chi connectivity index (χ0n) is 16.5. The molecule has 9 nitrogen and oxygen atoms in total. The molecule has 0 N–H and O–H groups in total. The number of aromatic nitrogens is 2. The van der Waals surface area contributed by atoms with E-state index in [1.165, 1.54) is 21.3 Å². The number of hydrogen-bond acceptors (Lipinski definition) is 8. The number of benzene rings is 1. The van der Waals surface area contributed by atoms with E-state index in [4.69, 9.17) is 18.9 Å². The molecule has 2 heterocycles. The fourth-order valence-corrected chi connectivity index (χ4v) is 3.12. The second-order valence-corrected chi connectivity index (χ2v) is 6.13. The number of piperazine rings is 1. The largest absolute Gasteiger partial charge is 0.493 e. The van der Waals surface area contributed by atoms with Gasteiger partial charge in [-0.05, 0) is 18.2 Å². The molecular formula is C19H24N4O5. The van der Waals surface area contributed by atoms with Gasteiger partial charge in [-0.25, -0.2) is 0 Å². The normalized spacial score (nSPS) is 13.9. The summed E-state index contributed by atoms with van der Waals surface area (Å²) in [6.07, 6.45) is 0. The Balaban J connectivity index is 1.71. The molecule has 2 aromatic rings. The summed E-state index contributed by atoms with van der Waals surface area (Å²) >= 11 is 0. The van der Waals surface area contributed by atoms with Crippen molar-refractivity contribution in [1.29, 1.82) is 0 Å². The molecule has 0 saturated carbocycles. The Bertz CT molecular complexity index is 795. The quantitative estimate of drug-likeness (QED) is 0.735. The lowest BCUT2D eigenvalue weighted by Crippen LogP contribution is -2.49. The molecule has 1 aliphatic heterocycles. The van der Waals surface area contributed by atoms with Crippen molar-refractivity contribution in [2.75, 3.05) is 59.5 Å². The third-order valence-electron chi connectivity index (χ3n) is 4.64. The van der Waals surface area contributed by atoms with Gasteiger partial charge in [0.25, 0.3) is 5.91 Å². The van der Waals surface area contributed by atoms with E-state index in [1.54, 1.807) is 30.2 Å². The monoisotopic (exact) mass is 388 g/mol. The first-order valence-electron chi connectivity index (χ1n) is 8.83. The number of carbonyl (C=O) groups excluding carboxylic acids is 1. The maximum Gasteiger partial charge on any atom is 0.254 e. The zero-order valence-corrected chi connectivity index (χ0v) is 16.5. The van der Waals surface area contributed by atoms with E-state index in [9.17, 15) is 4.79 Å². The van der Waals surface area contributed by atoms with Crippen LogP contribution in [0, 0.1) is 0 Å². The third-order valence-corrected chi connectivity index (χ3v) is 4.64. The summed E-state index contributed by atoms with van der Waals surface area (Å²) in [7, 11) is 6.14. The Labute approximate surface area is 163 Å². The van der Waals surface area contributed by atoms with E-state index in [1.807, 2.05) is 6.07 Å².